The van der Waals surface area contributed by atoms with E-state index in [0.29, 0.717) is 57.9 Å². The van der Waals surface area contributed by atoms with Gasteiger partial charge in [-0.25, -0.2) is 4.68 Å². The molecule has 5 rings (SSSR count). The van der Waals surface area contributed by atoms with Crippen molar-refractivity contribution in [3.8, 4) is 28.2 Å². The maximum atomic E-state index is 13.9. The molecule has 4 aromatic rings. The van der Waals surface area contributed by atoms with Crippen LogP contribution in [0.3, 0.4) is 0 Å². The number of carbonyl (C=O) groups is 2. The van der Waals surface area contributed by atoms with E-state index in [1.807, 2.05) is 79.7 Å². The van der Waals surface area contributed by atoms with Crippen LogP contribution >= 0.6 is 0 Å². The number of nitrogens with zero attached hydrogens (tertiary/aromatic N) is 4. The fourth-order valence-corrected chi connectivity index (χ4v) is 5.71. The number of aromatic nitrogens is 3. The van der Waals surface area contributed by atoms with E-state index in [1.54, 1.807) is 16.8 Å². The summed E-state index contributed by atoms with van der Waals surface area (Å²) in [6.45, 7) is 11.3. The molecule has 2 amide bonds. The molecule has 1 aliphatic heterocycles. The highest BCUT2D eigenvalue weighted by Crippen LogP contribution is 2.42. The second-order valence-electron chi connectivity index (χ2n) is 13.9. The molecule has 50 heavy (non-hydrogen) atoms. The first-order chi connectivity index (χ1) is 24.0. The average molecular weight is 682 g/mol. The number of para-hydroxylation sites is 1. The average Bonchev–Trinajstić information content (AvgIpc) is 3.56. The second kappa shape index (κ2) is 16.5. The van der Waals surface area contributed by atoms with Gasteiger partial charge in [0.2, 0.25) is 5.91 Å². The number of benzene rings is 3. The van der Waals surface area contributed by atoms with Gasteiger partial charge in [-0.05, 0) is 90.5 Å². The molecule has 11 nitrogen and oxygen atoms in total. The molecule has 11 heteroatoms. The van der Waals surface area contributed by atoms with Crippen molar-refractivity contribution in [3.05, 3.63) is 83.9 Å². The number of nitrogens with one attached hydrogen (secondary N) is 3. The minimum Gasteiger partial charge on any atom is -0.379 e. The largest absolute Gasteiger partial charge is 0.379 e. The maximum Gasteiger partial charge on any atom is 0.251 e. The smallest absolute Gasteiger partial charge is 0.251 e. The lowest BCUT2D eigenvalue weighted by atomic mass is 9.94. The Bertz CT molecular complexity index is 1750. The Morgan fingerprint density at radius 3 is 2.14 bits per heavy atom. The van der Waals surface area contributed by atoms with E-state index in [0.717, 1.165) is 45.9 Å². The summed E-state index contributed by atoms with van der Waals surface area (Å²) in [6, 6.07) is 23.3. The molecule has 0 unspecified atom stereocenters. The van der Waals surface area contributed by atoms with Gasteiger partial charge in [0.1, 0.15) is 11.4 Å². The molecular formula is C39H51N7O4. The van der Waals surface area contributed by atoms with Crippen molar-refractivity contribution in [2.75, 3.05) is 52.0 Å². The van der Waals surface area contributed by atoms with Crippen LogP contribution in [0.1, 0.15) is 62.9 Å². The summed E-state index contributed by atoms with van der Waals surface area (Å²) in [6.07, 6.45) is 2.01. The number of amides is 2. The van der Waals surface area contributed by atoms with E-state index >= 15 is 0 Å². The molecule has 0 radical (unpaired) electrons. The Balaban J connectivity index is 1.30. The number of rotatable bonds is 16. The lowest BCUT2D eigenvalue weighted by Crippen LogP contribution is -2.39. The van der Waals surface area contributed by atoms with Gasteiger partial charge in [0.25, 0.3) is 5.91 Å². The van der Waals surface area contributed by atoms with E-state index in [2.05, 4.69) is 54.0 Å². The number of anilines is 1. The van der Waals surface area contributed by atoms with Crippen LogP contribution in [0, 0.1) is 0 Å². The van der Waals surface area contributed by atoms with Crippen LogP contribution in [0.25, 0.3) is 28.2 Å². The fraction of sp³-hybridized carbons (Fsp3) is 0.436. The van der Waals surface area contributed by atoms with Crippen molar-refractivity contribution in [3.63, 3.8) is 0 Å². The van der Waals surface area contributed by atoms with Gasteiger partial charge in [0, 0.05) is 47.3 Å². The molecule has 0 atom stereocenters. The molecule has 0 fully saturated rings. The van der Waals surface area contributed by atoms with Crippen LogP contribution in [0.5, 0.6) is 0 Å². The third-order valence-electron chi connectivity index (χ3n) is 9.49. The van der Waals surface area contributed by atoms with E-state index in [-0.39, 0.29) is 22.9 Å². The first-order valence-corrected chi connectivity index (χ1v) is 17.4. The highest BCUT2D eigenvalue weighted by molar-refractivity contribution is 6.00. The number of fused-ring (bicyclic) bond motifs is 5. The zero-order valence-electron chi connectivity index (χ0n) is 30.2. The van der Waals surface area contributed by atoms with Crippen molar-refractivity contribution < 1.29 is 19.1 Å². The van der Waals surface area contributed by atoms with E-state index in [1.165, 1.54) is 0 Å². The highest BCUT2D eigenvalue weighted by atomic mass is 16.5. The molecule has 0 spiro atoms. The summed E-state index contributed by atoms with van der Waals surface area (Å²) >= 11 is 0. The molecule has 266 valence electrons. The highest BCUT2D eigenvalue weighted by Gasteiger charge is 2.30. The summed E-state index contributed by atoms with van der Waals surface area (Å²) < 4.78 is 13.1. The van der Waals surface area contributed by atoms with Gasteiger partial charge in [-0.2, -0.15) is 0 Å². The molecule has 1 aromatic heterocycles. The SMILES string of the molecule is CNC(C)(C)CCOCCOCCNC(=O)c1ccc(-n2nnc3c2-c2ccccc2N(C(=O)CCC(C)(C)NC)Cc2ccccc2-3)cc1. The van der Waals surface area contributed by atoms with E-state index in [9.17, 15) is 9.59 Å². The van der Waals surface area contributed by atoms with E-state index < -0.39 is 0 Å². The van der Waals surface area contributed by atoms with Gasteiger partial charge >= 0.3 is 0 Å². The van der Waals surface area contributed by atoms with Crippen LogP contribution in [-0.2, 0) is 20.8 Å². The van der Waals surface area contributed by atoms with Gasteiger partial charge in [0.05, 0.1) is 37.7 Å². The molecule has 3 N–H and O–H groups in total. The van der Waals surface area contributed by atoms with Gasteiger partial charge in [-0.15, -0.1) is 5.10 Å². The molecule has 3 aromatic carbocycles. The summed E-state index contributed by atoms with van der Waals surface area (Å²) in [7, 11) is 3.87. The van der Waals surface area contributed by atoms with Gasteiger partial charge in [0.15, 0.2) is 0 Å². The standard InChI is InChI=1S/C39H51N7O4/c1-38(2,40-5)20-19-34(47)45-27-29-11-7-8-12-31(29)35-36(32-13-9-10-14-33(32)45)46(44-43-35)30-17-15-28(16-18-30)37(48)42-22-24-50-26-25-49-23-21-39(3,4)41-6/h7-18,40-41H,19-27H2,1-6H3,(H,42,48). The third kappa shape index (κ3) is 9.02. The molecule has 0 bridgehead atoms. The normalized spacial score (nSPS) is 12.8. The number of ether oxygens (including phenoxy) is 2. The number of hydrogen-bond donors (Lipinski definition) is 3. The third-order valence-corrected chi connectivity index (χ3v) is 9.49. The maximum absolute atomic E-state index is 13.9. The monoisotopic (exact) mass is 681 g/mol. The van der Waals surface area contributed by atoms with E-state index in [4.69, 9.17) is 9.47 Å². The van der Waals surface area contributed by atoms with Gasteiger partial charge in [-0.1, -0.05) is 47.7 Å². The zero-order valence-corrected chi connectivity index (χ0v) is 30.2. The van der Waals surface area contributed by atoms with Gasteiger partial charge in [-0.3, -0.25) is 9.59 Å². The summed E-state index contributed by atoms with van der Waals surface area (Å²) in [4.78, 5) is 28.7. The first kappa shape index (κ1) is 36.9. The predicted molar refractivity (Wildman–Crippen MR) is 198 cm³/mol. The molecule has 2 heterocycles. The molecule has 0 saturated carbocycles. The topological polar surface area (TPSA) is 123 Å². The molecular weight excluding hydrogens is 630 g/mol. The Morgan fingerprint density at radius 2 is 1.42 bits per heavy atom. The zero-order chi connectivity index (χ0) is 35.7. The van der Waals surface area contributed by atoms with Gasteiger partial charge < -0.3 is 30.3 Å². The minimum atomic E-state index is -0.186. The Labute approximate surface area is 295 Å². The Kier molecular flexibility index (Phi) is 12.2. The van der Waals surface area contributed by atoms with Crippen molar-refractivity contribution in [2.45, 2.75) is 64.6 Å². The van der Waals surface area contributed by atoms with Crippen LogP contribution in [0.4, 0.5) is 5.69 Å². The van der Waals surface area contributed by atoms with Crippen LogP contribution < -0.4 is 20.9 Å². The van der Waals surface area contributed by atoms with Crippen molar-refractivity contribution >= 4 is 17.5 Å². The number of hydrogen-bond acceptors (Lipinski definition) is 8. The van der Waals surface area contributed by atoms with Crippen LogP contribution in [0.2, 0.25) is 0 Å². The van der Waals surface area contributed by atoms with Crippen molar-refractivity contribution in [1.82, 2.24) is 30.9 Å². The Hall–Kier alpha value is -4.42. The first-order valence-electron chi connectivity index (χ1n) is 17.4. The molecule has 0 saturated heterocycles. The summed E-state index contributed by atoms with van der Waals surface area (Å²) in [5.41, 5.74) is 6.27. The van der Waals surface area contributed by atoms with Crippen molar-refractivity contribution in [2.24, 2.45) is 0 Å². The molecule has 1 aliphatic rings. The van der Waals surface area contributed by atoms with Crippen LogP contribution in [0.15, 0.2) is 72.8 Å². The minimum absolute atomic E-state index is 0.0434. The summed E-state index contributed by atoms with van der Waals surface area (Å²) in [5.74, 6) is -0.133. The van der Waals surface area contributed by atoms with Crippen LogP contribution in [-0.4, -0.2) is 85.0 Å². The predicted octanol–water partition coefficient (Wildman–Crippen LogP) is 5.38. The lowest BCUT2D eigenvalue weighted by molar-refractivity contribution is -0.119. The fourth-order valence-electron chi connectivity index (χ4n) is 5.71. The Morgan fingerprint density at radius 1 is 0.780 bits per heavy atom. The lowest BCUT2D eigenvalue weighted by Gasteiger charge is -2.30. The second-order valence-corrected chi connectivity index (χ2v) is 13.9. The quantitative estimate of drug-likeness (QED) is 0.135. The summed E-state index contributed by atoms with van der Waals surface area (Å²) in [5, 5.41) is 18.8. The molecule has 0 aliphatic carbocycles. The van der Waals surface area contributed by atoms with Crippen molar-refractivity contribution in [1.29, 1.82) is 0 Å². The number of carbonyl (C=O) groups excluding carboxylic acids is 2.